The van der Waals surface area contributed by atoms with Gasteiger partial charge in [0.05, 0.1) is 0 Å². The molecule has 0 rings (SSSR count). The van der Waals surface area contributed by atoms with Crippen molar-refractivity contribution in [2.45, 2.75) is 117 Å². The van der Waals surface area contributed by atoms with Crippen molar-refractivity contribution in [2.75, 3.05) is 32.0 Å². The molecule has 0 unspecified atom stereocenters. The zero-order valence-electron chi connectivity index (χ0n) is 23.1. The molecule has 0 heterocycles. The number of hydrogen-bond acceptors (Lipinski definition) is 7. The Morgan fingerprint density at radius 3 is 2.03 bits per heavy atom. The van der Waals surface area contributed by atoms with Crippen LogP contribution in [0.25, 0.3) is 0 Å². The Balaban J connectivity index is 4.83. The number of amides is 1. The van der Waals surface area contributed by atoms with E-state index in [1.165, 1.54) is 24.2 Å². The lowest BCUT2D eigenvalue weighted by molar-refractivity contribution is -0.151. The van der Waals surface area contributed by atoms with Gasteiger partial charge in [-0.3, -0.25) is 14.4 Å². The number of unbranched alkanes of at least 4 members (excludes halogenated alkanes) is 8. The van der Waals surface area contributed by atoms with E-state index in [0.29, 0.717) is 18.7 Å². The molecular weight excluding hydrogens is 476 g/mol. The predicted molar refractivity (Wildman–Crippen MR) is 150 cm³/mol. The van der Waals surface area contributed by atoms with Gasteiger partial charge in [-0.25, -0.2) is 0 Å². The lowest BCUT2D eigenvalue weighted by Crippen LogP contribution is -2.39. The zero-order valence-corrected chi connectivity index (χ0v) is 24.0. The molecule has 0 atom stereocenters. The van der Waals surface area contributed by atoms with Crippen LogP contribution in [0.4, 0.5) is 4.79 Å². The maximum Gasteiger partial charge on any atom is 0.326 e. The summed E-state index contributed by atoms with van der Waals surface area (Å²) in [6.45, 7) is 6.58. The molecule has 0 aromatic rings. The molecule has 7 nitrogen and oxygen atoms in total. The average molecular weight is 529 g/mol. The number of allylic oxidation sites excluding steroid dienone is 1. The third kappa shape index (κ3) is 20.6. The van der Waals surface area contributed by atoms with Gasteiger partial charge in [-0.1, -0.05) is 89.6 Å². The minimum absolute atomic E-state index is 0.146. The quantitative estimate of drug-likeness (QED) is 0.0902. The number of thioether (sulfide) groups is 1. The number of nitrogens with two attached hydrogens (primary N) is 1. The van der Waals surface area contributed by atoms with Crippen LogP contribution in [0.2, 0.25) is 0 Å². The van der Waals surface area contributed by atoms with E-state index in [-0.39, 0.29) is 31.0 Å². The van der Waals surface area contributed by atoms with E-state index in [1.807, 2.05) is 12.2 Å². The van der Waals surface area contributed by atoms with Crippen molar-refractivity contribution >= 4 is 28.9 Å². The van der Waals surface area contributed by atoms with Crippen LogP contribution in [0.5, 0.6) is 0 Å². The SMILES string of the molecule is CCCCCC/C=C\COC(=O)CN(CC(=O)OC(CCCCC)CCCCC)C(=O)SCCCN. The molecule has 8 heteroatoms. The van der Waals surface area contributed by atoms with E-state index in [9.17, 15) is 14.4 Å². The molecule has 0 fully saturated rings. The first-order valence-electron chi connectivity index (χ1n) is 14.1. The number of carbonyl (C=O) groups is 3. The maximum absolute atomic E-state index is 12.7. The van der Waals surface area contributed by atoms with Gasteiger partial charge in [0.1, 0.15) is 25.8 Å². The number of carbonyl (C=O) groups excluding carboxylic acids is 3. The summed E-state index contributed by atoms with van der Waals surface area (Å²) in [5, 5.41) is -0.336. The summed E-state index contributed by atoms with van der Waals surface area (Å²) in [4.78, 5) is 39.1. The molecule has 0 aliphatic carbocycles. The lowest BCUT2D eigenvalue weighted by atomic mass is 10.0. The number of nitrogens with zero attached hydrogens (tertiary/aromatic N) is 1. The Hall–Kier alpha value is -1.54. The highest BCUT2D eigenvalue weighted by molar-refractivity contribution is 8.13. The maximum atomic E-state index is 12.7. The molecule has 0 radical (unpaired) electrons. The molecule has 1 amide bonds. The Bertz CT molecular complexity index is 590. The van der Waals surface area contributed by atoms with Crippen molar-refractivity contribution in [1.29, 1.82) is 0 Å². The van der Waals surface area contributed by atoms with Gasteiger partial charge in [-0.05, 0) is 51.5 Å². The van der Waals surface area contributed by atoms with Gasteiger partial charge < -0.3 is 20.1 Å². The van der Waals surface area contributed by atoms with Crippen LogP contribution >= 0.6 is 11.8 Å². The molecule has 36 heavy (non-hydrogen) atoms. The summed E-state index contributed by atoms with van der Waals surface area (Å²) in [6.07, 6.45) is 18.2. The second-order valence-corrected chi connectivity index (χ2v) is 10.3. The van der Waals surface area contributed by atoms with E-state index in [4.69, 9.17) is 15.2 Å². The Labute approximate surface area is 224 Å². The number of esters is 2. The Kier molecular flexibility index (Phi) is 24.0. The molecule has 0 spiro atoms. The zero-order chi connectivity index (χ0) is 26.9. The highest BCUT2D eigenvalue weighted by Gasteiger charge is 2.24. The van der Waals surface area contributed by atoms with Crippen LogP contribution in [-0.2, 0) is 19.1 Å². The van der Waals surface area contributed by atoms with Crippen molar-refractivity contribution in [1.82, 2.24) is 4.90 Å². The fourth-order valence-electron chi connectivity index (χ4n) is 3.62. The number of hydrogen-bond donors (Lipinski definition) is 1. The van der Waals surface area contributed by atoms with Crippen LogP contribution in [0.1, 0.15) is 111 Å². The second kappa shape index (κ2) is 25.1. The fraction of sp³-hybridized carbons (Fsp3) is 0.821. The normalized spacial score (nSPS) is 11.2. The molecule has 2 N–H and O–H groups in total. The summed E-state index contributed by atoms with van der Waals surface area (Å²) in [5.41, 5.74) is 5.53. The minimum Gasteiger partial charge on any atom is -0.461 e. The van der Waals surface area contributed by atoms with E-state index in [1.54, 1.807) is 0 Å². The average Bonchev–Trinajstić information content (AvgIpc) is 2.85. The lowest BCUT2D eigenvalue weighted by Gasteiger charge is -2.23. The highest BCUT2D eigenvalue weighted by Crippen LogP contribution is 2.16. The summed E-state index contributed by atoms with van der Waals surface area (Å²) in [5.74, 6) is -0.470. The summed E-state index contributed by atoms with van der Waals surface area (Å²) >= 11 is 1.06. The summed E-state index contributed by atoms with van der Waals surface area (Å²) in [7, 11) is 0. The van der Waals surface area contributed by atoms with E-state index >= 15 is 0 Å². The Morgan fingerprint density at radius 2 is 1.42 bits per heavy atom. The van der Waals surface area contributed by atoms with Crippen LogP contribution in [0.3, 0.4) is 0 Å². The van der Waals surface area contributed by atoms with Gasteiger partial charge in [0, 0.05) is 5.75 Å². The van der Waals surface area contributed by atoms with Crippen molar-refractivity contribution in [3.8, 4) is 0 Å². The van der Waals surface area contributed by atoms with Crippen molar-refractivity contribution in [3.05, 3.63) is 12.2 Å². The smallest absolute Gasteiger partial charge is 0.326 e. The topological polar surface area (TPSA) is 98.9 Å². The van der Waals surface area contributed by atoms with E-state index in [2.05, 4.69) is 20.8 Å². The first-order valence-corrected chi connectivity index (χ1v) is 15.1. The van der Waals surface area contributed by atoms with Gasteiger partial charge in [0.2, 0.25) is 0 Å². The molecule has 0 aliphatic heterocycles. The van der Waals surface area contributed by atoms with Gasteiger partial charge >= 0.3 is 11.9 Å². The van der Waals surface area contributed by atoms with Crippen LogP contribution in [-0.4, -0.2) is 60.2 Å². The summed E-state index contributed by atoms with van der Waals surface area (Å²) < 4.78 is 11.0. The monoisotopic (exact) mass is 528 g/mol. The van der Waals surface area contributed by atoms with Crippen LogP contribution < -0.4 is 5.73 Å². The molecular formula is C28H52N2O5S. The molecule has 0 bridgehead atoms. The van der Waals surface area contributed by atoms with Gasteiger partial charge in [-0.2, -0.15) is 0 Å². The van der Waals surface area contributed by atoms with Crippen molar-refractivity contribution in [3.63, 3.8) is 0 Å². The van der Waals surface area contributed by atoms with Crippen molar-refractivity contribution < 1.29 is 23.9 Å². The first kappa shape index (κ1) is 34.5. The molecule has 210 valence electrons. The van der Waals surface area contributed by atoms with Crippen LogP contribution in [0.15, 0.2) is 12.2 Å². The summed E-state index contributed by atoms with van der Waals surface area (Å²) in [6, 6.07) is 0. The van der Waals surface area contributed by atoms with E-state index in [0.717, 1.165) is 76.0 Å². The van der Waals surface area contributed by atoms with Crippen molar-refractivity contribution in [2.24, 2.45) is 5.73 Å². The van der Waals surface area contributed by atoms with Crippen LogP contribution in [0, 0.1) is 0 Å². The Morgan fingerprint density at radius 1 is 0.806 bits per heavy atom. The number of rotatable bonds is 23. The molecule has 0 aromatic carbocycles. The third-order valence-electron chi connectivity index (χ3n) is 5.76. The highest BCUT2D eigenvalue weighted by atomic mass is 32.2. The number of ether oxygens (including phenoxy) is 2. The van der Waals surface area contributed by atoms with E-state index < -0.39 is 11.9 Å². The fourth-order valence-corrected chi connectivity index (χ4v) is 4.42. The molecule has 0 aliphatic rings. The van der Waals surface area contributed by atoms with Gasteiger partial charge in [0.25, 0.3) is 5.24 Å². The largest absolute Gasteiger partial charge is 0.461 e. The predicted octanol–water partition coefficient (Wildman–Crippen LogP) is 6.63. The standard InChI is InChI=1S/C28H52N2O5S/c1-4-7-10-11-12-13-16-21-34-26(31)23-30(28(33)36-22-17-20-29)24-27(32)35-25(18-14-8-5-2)19-15-9-6-3/h13,16,25H,4-12,14-15,17-24,29H2,1-3H3/b16-13-. The second-order valence-electron chi connectivity index (χ2n) is 9.22. The van der Waals surface area contributed by atoms with Gasteiger partial charge in [-0.15, -0.1) is 0 Å². The molecule has 0 aromatic heterocycles. The third-order valence-corrected chi connectivity index (χ3v) is 6.76. The first-order chi connectivity index (χ1) is 17.5. The van der Waals surface area contributed by atoms with Gasteiger partial charge in [0.15, 0.2) is 0 Å². The molecule has 0 saturated carbocycles. The molecule has 0 saturated heterocycles. The minimum atomic E-state index is -0.534.